The number of benzene rings is 1. The first-order valence-electron chi connectivity index (χ1n) is 8.36. The van der Waals surface area contributed by atoms with Crippen molar-refractivity contribution in [2.24, 2.45) is 0 Å². The Balaban J connectivity index is 1.57. The normalized spacial score (nSPS) is 17.0. The molecule has 0 bridgehead atoms. The maximum Gasteiger partial charge on any atom is 0.161 e. The molecule has 0 amide bonds. The van der Waals surface area contributed by atoms with Crippen molar-refractivity contribution < 1.29 is 14.2 Å². The molecular formula is C19H24N2O3. The fraction of sp³-hybridized carbons (Fsp3) is 0.421. The molecule has 1 N–H and O–H groups in total. The summed E-state index contributed by atoms with van der Waals surface area (Å²) in [6.45, 7) is 3.03. The molecule has 5 heteroatoms. The first-order chi connectivity index (χ1) is 11.8. The molecule has 1 unspecified atom stereocenters. The van der Waals surface area contributed by atoms with E-state index in [0.717, 1.165) is 48.7 Å². The summed E-state index contributed by atoms with van der Waals surface area (Å²) in [5.41, 5.74) is 2.19. The topological polar surface area (TPSA) is 52.6 Å². The van der Waals surface area contributed by atoms with Gasteiger partial charge in [0.1, 0.15) is 6.61 Å². The molecular weight excluding hydrogens is 304 g/mol. The van der Waals surface area contributed by atoms with Crippen molar-refractivity contribution in [3.05, 3.63) is 53.9 Å². The first kappa shape index (κ1) is 16.7. The highest BCUT2D eigenvalue weighted by Gasteiger charge is 2.14. The van der Waals surface area contributed by atoms with Crippen LogP contribution in [0.25, 0.3) is 0 Å². The largest absolute Gasteiger partial charge is 0.493 e. The number of nitrogens with zero attached hydrogens (tertiary/aromatic N) is 1. The molecule has 1 aliphatic heterocycles. The minimum atomic E-state index is 0.351. The molecule has 5 nitrogen and oxygen atoms in total. The lowest BCUT2D eigenvalue weighted by Gasteiger charge is -2.14. The van der Waals surface area contributed by atoms with Crippen LogP contribution in [0, 0.1) is 0 Å². The highest BCUT2D eigenvalue weighted by molar-refractivity contribution is 5.43. The second-order valence-corrected chi connectivity index (χ2v) is 5.90. The lowest BCUT2D eigenvalue weighted by molar-refractivity contribution is 0.110. The fourth-order valence-electron chi connectivity index (χ4n) is 2.77. The monoisotopic (exact) mass is 328 g/mol. The van der Waals surface area contributed by atoms with Crippen LogP contribution in [0.1, 0.15) is 24.0 Å². The van der Waals surface area contributed by atoms with Gasteiger partial charge in [0.05, 0.1) is 13.2 Å². The van der Waals surface area contributed by atoms with E-state index in [1.165, 1.54) is 6.42 Å². The van der Waals surface area contributed by atoms with Crippen LogP contribution in [0.4, 0.5) is 0 Å². The molecule has 0 aliphatic carbocycles. The van der Waals surface area contributed by atoms with Gasteiger partial charge in [-0.25, -0.2) is 0 Å². The Hall–Kier alpha value is -2.11. The van der Waals surface area contributed by atoms with Crippen molar-refractivity contribution in [3.8, 4) is 11.5 Å². The zero-order valence-electron chi connectivity index (χ0n) is 14.0. The SMILES string of the molecule is COc1ccc(CNCC2CCCO2)cc1OCc1cccnc1. The Kier molecular flexibility index (Phi) is 6.04. The quantitative estimate of drug-likeness (QED) is 0.807. The molecule has 1 aromatic heterocycles. The second kappa shape index (κ2) is 8.66. The third-order valence-corrected chi connectivity index (χ3v) is 4.07. The predicted molar refractivity (Wildman–Crippen MR) is 92.2 cm³/mol. The van der Waals surface area contributed by atoms with E-state index in [4.69, 9.17) is 14.2 Å². The summed E-state index contributed by atoms with van der Waals surface area (Å²) in [5, 5.41) is 3.45. The van der Waals surface area contributed by atoms with E-state index in [2.05, 4.69) is 16.4 Å². The molecule has 24 heavy (non-hydrogen) atoms. The molecule has 2 heterocycles. The van der Waals surface area contributed by atoms with E-state index in [1.807, 2.05) is 24.3 Å². The molecule has 0 saturated carbocycles. The minimum Gasteiger partial charge on any atom is -0.493 e. The third-order valence-electron chi connectivity index (χ3n) is 4.07. The average molecular weight is 328 g/mol. The minimum absolute atomic E-state index is 0.351. The molecule has 128 valence electrons. The van der Waals surface area contributed by atoms with E-state index in [-0.39, 0.29) is 0 Å². The number of nitrogens with one attached hydrogen (secondary N) is 1. The zero-order valence-corrected chi connectivity index (χ0v) is 14.0. The zero-order chi connectivity index (χ0) is 16.6. The van der Waals surface area contributed by atoms with Crippen LogP contribution in [0.15, 0.2) is 42.7 Å². The third kappa shape index (κ3) is 4.69. The van der Waals surface area contributed by atoms with Gasteiger partial charge in [0.15, 0.2) is 11.5 Å². The summed E-state index contributed by atoms with van der Waals surface area (Å²) in [4.78, 5) is 4.10. The van der Waals surface area contributed by atoms with Gasteiger partial charge in [0.2, 0.25) is 0 Å². The van der Waals surface area contributed by atoms with Gasteiger partial charge in [-0.2, -0.15) is 0 Å². The maximum atomic E-state index is 5.92. The average Bonchev–Trinajstić information content (AvgIpc) is 3.14. The van der Waals surface area contributed by atoms with Crippen LogP contribution in [0.5, 0.6) is 11.5 Å². The smallest absolute Gasteiger partial charge is 0.161 e. The van der Waals surface area contributed by atoms with Gasteiger partial charge in [-0.3, -0.25) is 4.98 Å². The van der Waals surface area contributed by atoms with Gasteiger partial charge in [0, 0.05) is 37.7 Å². The first-order valence-corrected chi connectivity index (χ1v) is 8.36. The van der Waals surface area contributed by atoms with E-state index in [1.54, 1.807) is 19.5 Å². The van der Waals surface area contributed by atoms with Gasteiger partial charge >= 0.3 is 0 Å². The summed E-state index contributed by atoms with van der Waals surface area (Å²) in [7, 11) is 1.65. The van der Waals surface area contributed by atoms with Crippen molar-refractivity contribution in [1.29, 1.82) is 0 Å². The van der Waals surface area contributed by atoms with E-state index in [0.29, 0.717) is 12.7 Å². The van der Waals surface area contributed by atoms with Crippen LogP contribution in [-0.4, -0.2) is 31.3 Å². The second-order valence-electron chi connectivity index (χ2n) is 5.90. The number of ether oxygens (including phenoxy) is 3. The van der Waals surface area contributed by atoms with Crippen LogP contribution in [0.2, 0.25) is 0 Å². The number of methoxy groups -OCH3 is 1. The van der Waals surface area contributed by atoms with Gasteiger partial charge < -0.3 is 19.5 Å². The highest BCUT2D eigenvalue weighted by Crippen LogP contribution is 2.28. The molecule has 1 atom stereocenters. The molecule has 1 fully saturated rings. The summed E-state index contributed by atoms with van der Waals surface area (Å²) in [6.07, 6.45) is 6.23. The summed E-state index contributed by atoms with van der Waals surface area (Å²) < 4.78 is 16.9. The number of pyridine rings is 1. The molecule has 3 rings (SSSR count). The Labute approximate surface area is 143 Å². The van der Waals surface area contributed by atoms with Gasteiger partial charge in [-0.05, 0) is 36.6 Å². The number of hydrogen-bond acceptors (Lipinski definition) is 5. The molecule has 1 saturated heterocycles. The molecule has 0 spiro atoms. The van der Waals surface area contributed by atoms with E-state index >= 15 is 0 Å². The summed E-state index contributed by atoms with van der Waals surface area (Å²) in [6, 6.07) is 9.92. The molecule has 1 aromatic carbocycles. The fourth-order valence-corrected chi connectivity index (χ4v) is 2.77. The van der Waals surface area contributed by atoms with Gasteiger partial charge in [0.25, 0.3) is 0 Å². The van der Waals surface area contributed by atoms with Crippen molar-refractivity contribution in [2.45, 2.75) is 32.1 Å². The Morgan fingerprint density at radius 2 is 2.21 bits per heavy atom. The lowest BCUT2D eigenvalue weighted by atomic mass is 10.2. The molecule has 0 radical (unpaired) electrons. The predicted octanol–water partition coefficient (Wildman–Crippen LogP) is 2.94. The van der Waals surface area contributed by atoms with Crippen LogP contribution in [0.3, 0.4) is 0 Å². The van der Waals surface area contributed by atoms with Gasteiger partial charge in [-0.1, -0.05) is 12.1 Å². The van der Waals surface area contributed by atoms with Crippen LogP contribution in [-0.2, 0) is 17.9 Å². The molecule has 2 aromatic rings. The maximum absolute atomic E-state index is 5.92. The van der Waals surface area contributed by atoms with Crippen molar-refractivity contribution >= 4 is 0 Å². The van der Waals surface area contributed by atoms with E-state index < -0.39 is 0 Å². The Morgan fingerprint density at radius 3 is 2.96 bits per heavy atom. The highest BCUT2D eigenvalue weighted by atomic mass is 16.5. The number of aromatic nitrogens is 1. The van der Waals surface area contributed by atoms with Crippen molar-refractivity contribution in [3.63, 3.8) is 0 Å². The summed E-state index contributed by atoms with van der Waals surface area (Å²) >= 11 is 0. The van der Waals surface area contributed by atoms with Crippen LogP contribution < -0.4 is 14.8 Å². The number of rotatable bonds is 8. The summed E-state index contributed by atoms with van der Waals surface area (Å²) in [5.74, 6) is 1.49. The van der Waals surface area contributed by atoms with Crippen molar-refractivity contribution in [1.82, 2.24) is 10.3 Å². The standard InChI is InChI=1S/C19H24N2O3/c1-22-18-7-6-15(11-21-13-17-5-3-9-23-17)10-19(18)24-14-16-4-2-8-20-12-16/h2,4,6-8,10,12,17,21H,3,5,9,11,13-14H2,1H3. The number of hydrogen-bond donors (Lipinski definition) is 1. The van der Waals surface area contributed by atoms with Crippen molar-refractivity contribution in [2.75, 3.05) is 20.3 Å². The molecule has 1 aliphatic rings. The van der Waals surface area contributed by atoms with Crippen LogP contribution >= 0.6 is 0 Å². The Bertz CT molecular complexity index is 628. The Morgan fingerprint density at radius 1 is 1.25 bits per heavy atom. The van der Waals surface area contributed by atoms with E-state index in [9.17, 15) is 0 Å². The lowest BCUT2D eigenvalue weighted by Crippen LogP contribution is -2.25. The van der Waals surface area contributed by atoms with Gasteiger partial charge in [-0.15, -0.1) is 0 Å².